The third-order valence-corrected chi connectivity index (χ3v) is 8.79. The minimum atomic E-state index is 1.25. The second kappa shape index (κ2) is 8.34. The average Bonchev–Trinajstić information content (AvgIpc) is 3.44. The molecule has 0 saturated heterocycles. The lowest BCUT2D eigenvalue weighted by Gasteiger charge is -2.08. The molecule has 0 aliphatic rings. The fourth-order valence-corrected chi connectivity index (χ4v) is 6.90. The largest absolute Gasteiger partial charge is 0.342 e. The summed E-state index contributed by atoms with van der Waals surface area (Å²) in [5.41, 5.74) is 12.7. The monoisotopic (exact) mass is 514 g/mol. The van der Waals surface area contributed by atoms with Crippen LogP contribution in [-0.4, -0.2) is 9.13 Å². The molecule has 0 aliphatic heterocycles. The maximum absolute atomic E-state index is 2.42. The van der Waals surface area contributed by atoms with E-state index in [1.807, 2.05) is 0 Å². The maximum Gasteiger partial charge on any atom is 0.0742 e. The van der Waals surface area contributed by atoms with Crippen LogP contribution in [0, 0.1) is 13.8 Å². The van der Waals surface area contributed by atoms with E-state index in [0.717, 1.165) is 0 Å². The highest BCUT2D eigenvalue weighted by atomic mass is 15.0. The molecule has 0 unspecified atom stereocenters. The predicted molar refractivity (Wildman–Crippen MR) is 172 cm³/mol. The standard InChI is InChI=1S/C38H30N2/c1-23-9-7-11-25(19-23)27-15-17-31-33(21-27)39(3)37-35(31)29-13-5-6-14-30(29)36-32-18-16-28(22-34(32)40(4)38(36)37)26-12-8-10-24(2)20-26/h5-22H,1-4H3. The van der Waals surface area contributed by atoms with E-state index in [-0.39, 0.29) is 0 Å². The van der Waals surface area contributed by atoms with Crippen molar-refractivity contribution in [2.24, 2.45) is 14.1 Å². The summed E-state index contributed by atoms with van der Waals surface area (Å²) >= 11 is 0. The van der Waals surface area contributed by atoms with Gasteiger partial charge < -0.3 is 9.13 Å². The average molecular weight is 515 g/mol. The molecule has 6 aromatic carbocycles. The zero-order valence-corrected chi connectivity index (χ0v) is 23.3. The number of fused-ring (bicyclic) bond motifs is 10. The Labute approximate surface area is 233 Å². The lowest BCUT2D eigenvalue weighted by atomic mass is 9.97. The van der Waals surface area contributed by atoms with E-state index in [1.54, 1.807) is 0 Å². The Morgan fingerprint density at radius 1 is 0.400 bits per heavy atom. The van der Waals surface area contributed by atoms with Crippen molar-refractivity contribution < 1.29 is 0 Å². The van der Waals surface area contributed by atoms with Crippen LogP contribution in [0.2, 0.25) is 0 Å². The van der Waals surface area contributed by atoms with E-state index in [4.69, 9.17) is 0 Å². The van der Waals surface area contributed by atoms with E-state index in [2.05, 4.69) is 146 Å². The summed E-state index contributed by atoms with van der Waals surface area (Å²) in [5.74, 6) is 0. The number of aromatic nitrogens is 2. The van der Waals surface area contributed by atoms with Gasteiger partial charge in [-0.05, 0) is 59.0 Å². The van der Waals surface area contributed by atoms with E-state index >= 15 is 0 Å². The Balaban J connectivity index is 1.51. The van der Waals surface area contributed by atoms with Crippen LogP contribution >= 0.6 is 0 Å². The van der Waals surface area contributed by atoms with Gasteiger partial charge in [0, 0.05) is 46.7 Å². The Morgan fingerprint density at radius 3 is 1.25 bits per heavy atom. The molecule has 0 aliphatic carbocycles. The van der Waals surface area contributed by atoms with Crippen LogP contribution < -0.4 is 0 Å². The summed E-state index contributed by atoms with van der Waals surface area (Å²) in [6.45, 7) is 4.32. The molecule has 0 fully saturated rings. The molecule has 0 spiro atoms. The van der Waals surface area contributed by atoms with E-state index in [9.17, 15) is 0 Å². The molecule has 2 aromatic heterocycles. The molecule has 192 valence electrons. The van der Waals surface area contributed by atoms with Crippen LogP contribution in [0.5, 0.6) is 0 Å². The van der Waals surface area contributed by atoms with Gasteiger partial charge in [0.15, 0.2) is 0 Å². The van der Waals surface area contributed by atoms with Crippen LogP contribution in [0.25, 0.3) is 76.6 Å². The molecule has 0 radical (unpaired) electrons. The van der Waals surface area contributed by atoms with E-state index in [1.165, 1.54) is 87.8 Å². The summed E-state index contributed by atoms with van der Waals surface area (Å²) in [6.07, 6.45) is 0. The van der Waals surface area contributed by atoms with Crippen molar-refractivity contribution >= 4 is 54.4 Å². The molecular weight excluding hydrogens is 484 g/mol. The predicted octanol–water partition coefficient (Wildman–Crippen LogP) is 10.1. The highest BCUT2D eigenvalue weighted by Crippen LogP contribution is 2.45. The minimum Gasteiger partial charge on any atom is -0.342 e. The molecule has 0 amide bonds. The van der Waals surface area contributed by atoms with Gasteiger partial charge in [0.05, 0.1) is 11.0 Å². The Bertz CT molecular complexity index is 2150. The first-order valence-corrected chi connectivity index (χ1v) is 14.0. The van der Waals surface area contributed by atoms with Gasteiger partial charge in [-0.3, -0.25) is 0 Å². The summed E-state index contributed by atoms with van der Waals surface area (Å²) in [5, 5.41) is 7.90. The fourth-order valence-electron chi connectivity index (χ4n) is 6.90. The molecular formula is C38H30N2. The van der Waals surface area contributed by atoms with Gasteiger partial charge in [0.1, 0.15) is 0 Å². The highest BCUT2D eigenvalue weighted by molar-refractivity contribution is 6.36. The number of nitrogens with zero attached hydrogens (tertiary/aromatic N) is 2. The zero-order chi connectivity index (χ0) is 27.1. The van der Waals surface area contributed by atoms with E-state index < -0.39 is 0 Å². The molecule has 8 aromatic rings. The lowest BCUT2D eigenvalue weighted by Crippen LogP contribution is -1.93. The molecule has 0 saturated carbocycles. The molecule has 2 heterocycles. The number of hydrogen-bond donors (Lipinski definition) is 0. The molecule has 0 bridgehead atoms. The molecule has 2 heteroatoms. The van der Waals surface area contributed by atoms with Crippen molar-refractivity contribution in [1.29, 1.82) is 0 Å². The van der Waals surface area contributed by atoms with Gasteiger partial charge in [0.25, 0.3) is 0 Å². The topological polar surface area (TPSA) is 9.86 Å². The van der Waals surface area contributed by atoms with Gasteiger partial charge in [-0.1, -0.05) is 108 Å². The van der Waals surface area contributed by atoms with Crippen LogP contribution in [0.1, 0.15) is 11.1 Å². The van der Waals surface area contributed by atoms with Crippen molar-refractivity contribution in [1.82, 2.24) is 9.13 Å². The van der Waals surface area contributed by atoms with Crippen LogP contribution in [0.15, 0.2) is 109 Å². The van der Waals surface area contributed by atoms with Gasteiger partial charge in [-0.15, -0.1) is 0 Å². The number of rotatable bonds is 2. The summed E-state index contributed by atoms with van der Waals surface area (Å²) in [4.78, 5) is 0. The van der Waals surface area contributed by atoms with Crippen LogP contribution in [-0.2, 0) is 14.1 Å². The van der Waals surface area contributed by atoms with E-state index in [0.29, 0.717) is 0 Å². The Hall–Kier alpha value is -4.82. The van der Waals surface area contributed by atoms with Crippen molar-refractivity contribution in [2.45, 2.75) is 13.8 Å². The van der Waals surface area contributed by atoms with Gasteiger partial charge in [-0.2, -0.15) is 0 Å². The second-order valence-electron chi connectivity index (χ2n) is 11.3. The molecule has 8 rings (SSSR count). The molecule has 0 N–H and O–H groups in total. The number of aryl methyl sites for hydroxylation is 4. The lowest BCUT2D eigenvalue weighted by molar-refractivity contribution is 0.987. The van der Waals surface area contributed by atoms with Crippen molar-refractivity contribution in [2.75, 3.05) is 0 Å². The van der Waals surface area contributed by atoms with Crippen molar-refractivity contribution in [3.05, 3.63) is 120 Å². The zero-order valence-electron chi connectivity index (χ0n) is 23.3. The fraction of sp³-hybridized carbons (Fsp3) is 0.105. The quantitative estimate of drug-likeness (QED) is 0.217. The summed E-state index contributed by atoms with van der Waals surface area (Å²) in [6, 6.07) is 40.5. The van der Waals surface area contributed by atoms with Gasteiger partial charge >= 0.3 is 0 Å². The van der Waals surface area contributed by atoms with Crippen molar-refractivity contribution in [3.8, 4) is 22.3 Å². The smallest absolute Gasteiger partial charge is 0.0742 e. The first-order valence-electron chi connectivity index (χ1n) is 14.0. The SMILES string of the molecule is Cc1cccc(-c2ccc3c4c5ccccc5c5c6ccc(-c7cccc(C)c7)cc6n(C)c5c4n(C)c3c2)c1. The number of benzene rings is 6. The van der Waals surface area contributed by atoms with Crippen LogP contribution in [0.3, 0.4) is 0 Å². The van der Waals surface area contributed by atoms with Gasteiger partial charge in [-0.25, -0.2) is 0 Å². The molecule has 40 heavy (non-hydrogen) atoms. The van der Waals surface area contributed by atoms with Gasteiger partial charge in [0.2, 0.25) is 0 Å². The summed E-state index contributed by atoms with van der Waals surface area (Å²) in [7, 11) is 4.46. The number of hydrogen-bond acceptors (Lipinski definition) is 0. The third-order valence-electron chi connectivity index (χ3n) is 8.79. The second-order valence-corrected chi connectivity index (χ2v) is 11.3. The molecule has 0 atom stereocenters. The highest BCUT2D eigenvalue weighted by Gasteiger charge is 2.21. The maximum atomic E-state index is 2.42. The summed E-state index contributed by atoms with van der Waals surface area (Å²) < 4.78 is 4.83. The Kier molecular flexibility index (Phi) is 4.82. The molecule has 2 nitrogen and oxygen atoms in total. The first-order chi connectivity index (χ1) is 19.5. The normalized spacial score (nSPS) is 12.0. The van der Waals surface area contributed by atoms with Crippen LogP contribution in [0.4, 0.5) is 0 Å². The first kappa shape index (κ1) is 23.1. The minimum absolute atomic E-state index is 1.25. The third kappa shape index (κ3) is 3.17. The van der Waals surface area contributed by atoms with Crippen molar-refractivity contribution in [3.63, 3.8) is 0 Å². The Morgan fingerprint density at radius 2 is 0.825 bits per heavy atom.